The van der Waals surface area contributed by atoms with E-state index in [2.05, 4.69) is 46.6 Å². The number of piperidine rings is 1. The lowest BCUT2D eigenvalue weighted by molar-refractivity contribution is 0.0983. The average molecular weight is 383 g/mol. The van der Waals surface area contributed by atoms with Crippen molar-refractivity contribution >= 4 is 23.5 Å². The van der Waals surface area contributed by atoms with Crippen LogP contribution in [0, 0.1) is 20.8 Å². The Bertz CT molecular complexity index is 832. The Hall–Kier alpha value is -2.83. The molecule has 28 heavy (non-hydrogen) atoms. The molecule has 7 nitrogen and oxygen atoms in total. The molecule has 1 aliphatic rings. The zero-order chi connectivity index (χ0) is 20.1. The number of rotatable bonds is 5. The van der Waals surface area contributed by atoms with Crippen LogP contribution in [0.4, 0.5) is 22.2 Å². The van der Waals surface area contributed by atoms with E-state index in [4.69, 9.17) is 4.74 Å². The van der Waals surface area contributed by atoms with Crippen LogP contribution >= 0.6 is 0 Å². The van der Waals surface area contributed by atoms with Gasteiger partial charge in [0.05, 0.1) is 6.61 Å². The maximum absolute atomic E-state index is 11.8. The monoisotopic (exact) mass is 383 g/mol. The number of aromatic nitrogens is 2. The SMILES string of the molecule is CCOC(=O)N1CCC(Nc2cc(C)nc(Nc3ccc(C)c(C)c3)n2)CC1. The molecule has 150 valence electrons. The van der Waals surface area contributed by atoms with Gasteiger partial charge in [-0.1, -0.05) is 6.07 Å². The highest BCUT2D eigenvalue weighted by molar-refractivity contribution is 5.67. The molecule has 2 heterocycles. The van der Waals surface area contributed by atoms with Crippen molar-refractivity contribution in [3.8, 4) is 0 Å². The molecule has 0 saturated carbocycles. The van der Waals surface area contributed by atoms with Gasteiger partial charge in [-0.2, -0.15) is 4.98 Å². The molecule has 1 aromatic carbocycles. The third kappa shape index (κ3) is 5.12. The molecule has 3 rings (SSSR count). The minimum absolute atomic E-state index is 0.223. The molecule has 0 bridgehead atoms. The van der Waals surface area contributed by atoms with Crippen LogP contribution in [-0.4, -0.2) is 46.7 Å². The summed E-state index contributed by atoms with van der Waals surface area (Å²) in [5.74, 6) is 1.38. The van der Waals surface area contributed by atoms with E-state index in [0.29, 0.717) is 25.6 Å². The molecule has 0 aliphatic carbocycles. The van der Waals surface area contributed by atoms with E-state index in [1.54, 1.807) is 4.90 Å². The Morgan fingerprint density at radius 2 is 1.89 bits per heavy atom. The van der Waals surface area contributed by atoms with Gasteiger partial charge in [-0.05, 0) is 63.8 Å². The van der Waals surface area contributed by atoms with Crippen LogP contribution in [0.3, 0.4) is 0 Å². The number of hydrogen-bond acceptors (Lipinski definition) is 6. The minimum Gasteiger partial charge on any atom is -0.450 e. The van der Waals surface area contributed by atoms with Crippen LogP contribution in [0.5, 0.6) is 0 Å². The van der Waals surface area contributed by atoms with E-state index < -0.39 is 0 Å². The summed E-state index contributed by atoms with van der Waals surface area (Å²) in [5.41, 5.74) is 4.35. The van der Waals surface area contributed by atoms with Crippen LogP contribution in [0.25, 0.3) is 0 Å². The van der Waals surface area contributed by atoms with Gasteiger partial charge in [-0.15, -0.1) is 0 Å². The summed E-state index contributed by atoms with van der Waals surface area (Å²) in [4.78, 5) is 22.7. The summed E-state index contributed by atoms with van der Waals surface area (Å²) >= 11 is 0. The molecular weight excluding hydrogens is 354 g/mol. The topological polar surface area (TPSA) is 79.4 Å². The van der Waals surface area contributed by atoms with Crippen LogP contribution < -0.4 is 10.6 Å². The number of benzene rings is 1. The van der Waals surface area contributed by atoms with Gasteiger partial charge in [-0.25, -0.2) is 9.78 Å². The van der Waals surface area contributed by atoms with Crippen molar-refractivity contribution in [1.82, 2.24) is 14.9 Å². The van der Waals surface area contributed by atoms with Gasteiger partial charge in [0.25, 0.3) is 0 Å². The van der Waals surface area contributed by atoms with Crippen LogP contribution in [0.2, 0.25) is 0 Å². The van der Waals surface area contributed by atoms with Gasteiger partial charge >= 0.3 is 6.09 Å². The molecule has 1 fully saturated rings. The summed E-state index contributed by atoms with van der Waals surface area (Å²) in [7, 11) is 0. The van der Waals surface area contributed by atoms with Gasteiger partial charge < -0.3 is 20.3 Å². The quantitative estimate of drug-likeness (QED) is 0.806. The number of carbonyl (C=O) groups excluding carboxylic acids is 1. The third-order valence-electron chi connectivity index (χ3n) is 4.99. The number of nitrogens with zero attached hydrogens (tertiary/aromatic N) is 3. The molecule has 1 aliphatic heterocycles. The summed E-state index contributed by atoms with van der Waals surface area (Å²) in [6, 6.07) is 8.44. The number of nitrogens with one attached hydrogen (secondary N) is 2. The first-order valence-corrected chi connectivity index (χ1v) is 9.83. The number of ether oxygens (including phenoxy) is 1. The van der Waals surface area contributed by atoms with E-state index in [1.807, 2.05) is 26.0 Å². The molecule has 0 spiro atoms. The van der Waals surface area contributed by atoms with Crippen molar-refractivity contribution in [3.05, 3.63) is 41.1 Å². The second-order valence-corrected chi connectivity index (χ2v) is 7.25. The van der Waals surface area contributed by atoms with E-state index in [1.165, 1.54) is 11.1 Å². The summed E-state index contributed by atoms with van der Waals surface area (Å²) in [6.07, 6.45) is 1.50. The van der Waals surface area contributed by atoms with E-state index >= 15 is 0 Å². The maximum Gasteiger partial charge on any atom is 0.409 e. The standard InChI is InChI=1S/C21H29N5O2/c1-5-28-21(27)26-10-8-17(9-11-26)23-19-13-16(4)22-20(25-19)24-18-7-6-14(2)15(3)12-18/h6-7,12-13,17H,5,8-11H2,1-4H3,(H2,22,23,24,25). The molecule has 1 amide bonds. The molecule has 7 heteroatoms. The van der Waals surface area contributed by atoms with Crippen LogP contribution in [-0.2, 0) is 4.74 Å². The molecule has 2 N–H and O–H groups in total. The minimum atomic E-state index is -0.223. The second-order valence-electron chi connectivity index (χ2n) is 7.25. The zero-order valence-corrected chi connectivity index (χ0v) is 17.1. The van der Waals surface area contributed by atoms with Crippen molar-refractivity contribution in [2.75, 3.05) is 30.3 Å². The Labute approximate surface area is 166 Å². The highest BCUT2D eigenvalue weighted by Gasteiger charge is 2.23. The van der Waals surface area contributed by atoms with Crippen molar-refractivity contribution in [1.29, 1.82) is 0 Å². The lowest BCUT2D eigenvalue weighted by Crippen LogP contribution is -2.42. The predicted molar refractivity (Wildman–Crippen MR) is 111 cm³/mol. The largest absolute Gasteiger partial charge is 0.450 e. The molecule has 1 aromatic heterocycles. The summed E-state index contributed by atoms with van der Waals surface area (Å²) in [6.45, 7) is 9.76. The highest BCUT2D eigenvalue weighted by Crippen LogP contribution is 2.21. The first-order valence-electron chi connectivity index (χ1n) is 9.83. The number of aryl methyl sites for hydroxylation is 3. The van der Waals surface area contributed by atoms with Gasteiger partial charge in [0.15, 0.2) is 0 Å². The first-order chi connectivity index (χ1) is 13.4. The Morgan fingerprint density at radius 3 is 2.57 bits per heavy atom. The van der Waals surface area contributed by atoms with E-state index in [0.717, 1.165) is 30.0 Å². The Morgan fingerprint density at radius 1 is 1.14 bits per heavy atom. The summed E-state index contributed by atoms with van der Waals surface area (Å²) < 4.78 is 5.08. The number of anilines is 3. The number of amides is 1. The van der Waals surface area contributed by atoms with E-state index in [-0.39, 0.29) is 12.1 Å². The van der Waals surface area contributed by atoms with Gasteiger partial charge in [0.1, 0.15) is 5.82 Å². The zero-order valence-electron chi connectivity index (χ0n) is 17.1. The maximum atomic E-state index is 11.8. The first kappa shape index (κ1) is 19.9. The Kier molecular flexibility index (Phi) is 6.34. The number of hydrogen-bond donors (Lipinski definition) is 2. The van der Waals surface area contributed by atoms with Crippen molar-refractivity contribution in [2.45, 2.75) is 46.6 Å². The smallest absolute Gasteiger partial charge is 0.409 e. The molecule has 2 aromatic rings. The van der Waals surface area contributed by atoms with Gasteiger partial charge in [-0.3, -0.25) is 0 Å². The molecule has 0 atom stereocenters. The van der Waals surface area contributed by atoms with E-state index in [9.17, 15) is 4.79 Å². The summed E-state index contributed by atoms with van der Waals surface area (Å²) in [5, 5.41) is 6.78. The lowest BCUT2D eigenvalue weighted by Gasteiger charge is -2.31. The molecular formula is C21H29N5O2. The van der Waals surface area contributed by atoms with Crippen LogP contribution in [0.15, 0.2) is 24.3 Å². The highest BCUT2D eigenvalue weighted by atomic mass is 16.6. The fourth-order valence-corrected chi connectivity index (χ4v) is 3.28. The van der Waals surface area contributed by atoms with Gasteiger partial charge in [0, 0.05) is 36.6 Å². The van der Waals surface area contributed by atoms with Crippen LogP contribution in [0.1, 0.15) is 36.6 Å². The average Bonchev–Trinajstić information content (AvgIpc) is 2.65. The third-order valence-corrected chi connectivity index (χ3v) is 4.99. The van der Waals surface area contributed by atoms with Crippen molar-refractivity contribution in [2.24, 2.45) is 0 Å². The Balaban J connectivity index is 1.62. The van der Waals surface area contributed by atoms with Crippen molar-refractivity contribution < 1.29 is 9.53 Å². The fraction of sp³-hybridized carbons (Fsp3) is 0.476. The van der Waals surface area contributed by atoms with Crippen molar-refractivity contribution in [3.63, 3.8) is 0 Å². The number of likely N-dealkylation sites (tertiary alicyclic amines) is 1. The fourth-order valence-electron chi connectivity index (χ4n) is 3.28. The molecule has 0 unspecified atom stereocenters. The molecule has 1 saturated heterocycles. The number of carbonyl (C=O) groups is 1. The van der Waals surface area contributed by atoms with Gasteiger partial charge in [0.2, 0.25) is 5.95 Å². The predicted octanol–water partition coefficient (Wildman–Crippen LogP) is 4.18. The lowest BCUT2D eigenvalue weighted by atomic mass is 10.1. The second kappa shape index (κ2) is 8.91. The normalized spacial score (nSPS) is 14.6. The molecule has 0 radical (unpaired) electrons.